The van der Waals surface area contributed by atoms with Gasteiger partial charge in [-0.2, -0.15) is 0 Å². The third-order valence-corrected chi connectivity index (χ3v) is 2.07. The normalized spacial score (nSPS) is 17.9. The second-order valence-electron chi connectivity index (χ2n) is 3.11. The Hall–Kier alpha value is -0.930. The number of aliphatic hydroxyl groups is 4. The zero-order valence-corrected chi connectivity index (χ0v) is 9.32. The smallest absolute Gasteiger partial charge is 0.347 e. The van der Waals surface area contributed by atoms with Gasteiger partial charge in [0.15, 0.2) is 0 Å². The van der Waals surface area contributed by atoms with Gasteiger partial charge in [-0.3, -0.25) is 4.79 Å². The number of carbonyl (C=O) groups excluding carboxylic acids is 1. The highest BCUT2D eigenvalue weighted by atomic mass is 35.5. The van der Waals surface area contributed by atoms with Gasteiger partial charge in [-0.25, -0.2) is 4.79 Å². The van der Waals surface area contributed by atoms with Gasteiger partial charge in [-0.05, 0) is 0 Å². The maximum atomic E-state index is 10.8. The van der Waals surface area contributed by atoms with Crippen molar-refractivity contribution in [1.29, 1.82) is 0 Å². The molecule has 0 aliphatic rings. The van der Waals surface area contributed by atoms with E-state index in [4.69, 9.17) is 26.9 Å². The number of aliphatic carboxylic acids is 1. The Morgan fingerprint density at radius 3 is 2.06 bits per heavy atom. The van der Waals surface area contributed by atoms with Crippen LogP contribution in [0, 0.1) is 0 Å². The van der Waals surface area contributed by atoms with Gasteiger partial charge in [0.2, 0.25) is 6.10 Å². The molecule has 0 aliphatic carbocycles. The summed E-state index contributed by atoms with van der Waals surface area (Å²) < 4.78 is 4.27. The van der Waals surface area contributed by atoms with Crippen molar-refractivity contribution >= 4 is 23.5 Å². The van der Waals surface area contributed by atoms with Crippen molar-refractivity contribution in [2.75, 3.05) is 12.5 Å². The predicted octanol–water partition coefficient (Wildman–Crippen LogP) is -2.70. The fourth-order valence-corrected chi connectivity index (χ4v) is 1.02. The first kappa shape index (κ1) is 16.1. The molecule has 0 fully saturated rings. The molecule has 100 valence electrons. The van der Waals surface area contributed by atoms with Crippen LogP contribution in [0.2, 0.25) is 0 Å². The summed E-state index contributed by atoms with van der Waals surface area (Å²) in [6.07, 6.45) is -7.93. The van der Waals surface area contributed by atoms with Crippen molar-refractivity contribution in [3.05, 3.63) is 0 Å². The second-order valence-corrected chi connectivity index (χ2v) is 3.38. The Bertz CT molecular complexity index is 270. The maximum Gasteiger partial charge on any atom is 0.347 e. The number of aliphatic hydroxyl groups excluding tert-OH is 4. The highest BCUT2D eigenvalue weighted by Crippen LogP contribution is 2.09. The Balaban J connectivity index is 4.70. The van der Waals surface area contributed by atoms with E-state index in [0.717, 1.165) is 0 Å². The summed E-state index contributed by atoms with van der Waals surface area (Å²) in [4.78, 5) is 21.4. The van der Waals surface area contributed by atoms with Crippen LogP contribution in [-0.2, 0) is 14.3 Å². The maximum absolute atomic E-state index is 10.8. The molecule has 0 bridgehead atoms. The summed E-state index contributed by atoms with van der Waals surface area (Å²) in [7, 11) is 0. The topological polar surface area (TPSA) is 145 Å². The number of rotatable bonds is 7. The number of carboxylic acid groups (broad SMARTS) is 1. The summed E-state index contributed by atoms with van der Waals surface area (Å²) in [5.74, 6) is -3.46. The highest BCUT2D eigenvalue weighted by molar-refractivity contribution is 6.26. The lowest BCUT2D eigenvalue weighted by Gasteiger charge is -2.25. The van der Waals surface area contributed by atoms with E-state index in [0.29, 0.717) is 0 Å². The van der Waals surface area contributed by atoms with E-state index in [1.165, 1.54) is 0 Å². The number of carboxylic acids is 1. The fraction of sp³-hybridized carbons (Fsp3) is 0.750. The Morgan fingerprint density at radius 1 is 1.18 bits per heavy atom. The van der Waals surface area contributed by atoms with E-state index in [1.54, 1.807) is 0 Å². The van der Waals surface area contributed by atoms with Crippen LogP contribution < -0.4 is 0 Å². The SMILES string of the molecule is O=C(CCl)O[C@@H](C(=O)O)[C@@H](O)[C@H](O)[C@H](O)CO. The van der Waals surface area contributed by atoms with Crippen LogP contribution in [-0.4, -0.2) is 74.4 Å². The molecule has 0 unspecified atom stereocenters. The highest BCUT2D eigenvalue weighted by Gasteiger charge is 2.38. The first-order chi connectivity index (χ1) is 7.84. The van der Waals surface area contributed by atoms with E-state index in [1.807, 2.05) is 0 Å². The van der Waals surface area contributed by atoms with Crippen LogP contribution in [0.4, 0.5) is 0 Å². The van der Waals surface area contributed by atoms with Crippen LogP contribution in [0.15, 0.2) is 0 Å². The van der Waals surface area contributed by atoms with Gasteiger partial charge in [0.1, 0.15) is 24.2 Å². The fourth-order valence-electron chi connectivity index (χ4n) is 0.954. The Kier molecular flexibility index (Phi) is 7.00. The summed E-state index contributed by atoms with van der Waals surface area (Å²) >= 11 is 5.07. The van der Waals surface area contributed by atoms with Crippen LogP contribution in [0.5, 0.6) is 0 Å². The number of carbonyl (C=O) groups is 2. The predicted molar refractivity (Wildman–Crippen MR) is 53.3 cm³/mol. The molecule has 0 aromatic rings. The quantitative estimate of drug-likeness (QED) is 0.249. The van der Waals surface area contributed by atoms with Crippen molar-refractivity contribution in [2.24, 2.45) is 0 Å². The largest absolute Gasteiger partial charge is 0.478 e. The molecule has 0 saturated carbocycles. The lowest BCUT2D eigenvalue weighted by Crippen LogP contribution is -2.50. The van der Waals surface area contributed by atoms with Gasteiger partial charge in [0.25, 0.3) is 0 Å². The molecule has 17 heavy (non-hydrogen) atoms. The molecule has 0 radical (unpaired) electrons. The van der Waals surface area contributed by atoms with Gasteiger partial charge in [0.05, 0.1) is 6.61 Å². The third-order valence-electron chi connectivity index (χ3n) is 1.85. The molecular weight excluding hydrogens is 260 g/mol. The number of esters is 1. The molecule has 0 spiro atoms. The Labute approximate surface area is 101 Å². The molecule has 5 N–H and O–H groups in total. The molecule has 0 aromatic heterocycles. The number of hydrogen-bond donors (Lipinski definition) is 5. The molecule has 0 amide bonds. The molecule has 0 heterocycles. The minimum atomic E-state index is -2.10. The molecule has 0 rings (SSSR count). The van der Waals surface area contributed by atoms with Crippen molar-refractivity contribution < 1.29 is 39.9 Å². The molecular formula is C8H13ClO8. The van der Waals surface area contributed by atoms with Crippen molar-refractivity contribution in [2.45, 2.75) is 24.4 Å². The van der Waals surface area contributed by atoms with Crippen LogP contribution in [0.3, 0.4) is 0 Å². The zero-order valence-electron chi connectivity index (χ0n) is 8.56. The molecule has 8 nitrogen and oxygen atoms in total. The number of ether oxygens (including phenoxy) is 1. The standard InChI is InChI=1S/C8H13ClO8/c9-1-4(12)17-7(8(15)16)6(14)5(13)3(11)2-10/h3,5-7,10-11,13-14H,1-2H2,(H,15,16)/t3-,5-,6+,7-/m1/s1. The van der Waals surface area contributed by atoms with E-state index in [9.17, 15) is 19.8 Å². The van der Waals surface area contributed by atoms with Crippen LogP contribution >= 0.6 is 11.6 Å². The Morgan fingerprint density at radius 2 is 1.71 bits per heavy atom. The average Bonchev–Trinajstić information content (AvgIpc) is 2.32. The van der Waals surface area contributed by atoms with Crippen LogP contribution in [0.1, 0.15) is 0 Å². The number of alkyl halides is 1. The monoisotopic (exact) mass is 272 g/mol. The van der Waals surface area contributed by atoms with Gasteiger partial charge < -0.3 is 30.3 Å². The van der Waals surface area contributed by atoms with Crippen molar-refractivity contribution in [1.82, 2.24) is 0 Å². The summed E-state index contributed by atoms with van der Waals surface area (Å²) in [6.45, 7) is -0.895. The van der Waals surface area contributed by atoms with Gasteiger partial charge >= 0.3 is 11.9 Å². The molecule has 4 atom stereocenters. The average molecular weight is 273 g/mol. The van der Waals surface area contributed by atoms with E-state index < -0.39 is 48.8 Å². The lowest BCUT2D eigenvalue weighted by atomic mass is 10.0. The summed E-state index contributed by atoms with van der Waals surface area (Å²) in [5.41, 5.74) is 0. The van der Waals surface area contributed by atoms with Crippen molar-refractivity contribution in [3.8, 4) is 0 Å². The van der Waals surface area contributed by atoms with Crippen LogP contribution in [0.25, 0.3) is 0 Å². The molecule has 0 aromatic carbocycles. The van der Waals surface area contributed by atoms with Gasteiger partial charge in [-0.1, -0.05) is 0 Å². The molecule has 9 heteroatoms. The van der Waals surface area contributed by atoms with E-state index in [-0.39, 0.29) is 0 Å². The first-order valence-electron chi connectivity index (χ1n) is 4.48. The minimum Gasteiger partial charge on any atom is -0.478 e. The molecule has 0 saturated heterocycles. The van der Waals surface area contributed by atoms with Gasteiger partial charge in [-0.15, -0.1) is 11.6 Å². The third kappa shape index (κ3) is 4.84. The van der Waals surface area contributed by atoms with E-state index >= 15 is 0 Å². The first-order valence-corrected chi connectivity index (χ1v) is 5.01. The minimum absolute atomic E-state index is 0.630. The zero-order chi connectivity index (χ0) is 13.6. The lowest BCUT2D eigenvalue weighted by molar-refractivity contribution is -0.180. The second kappa shape index (κ2) is 7.41. The van der Waals surface area contributed by atoms with E-state index in [2.05, 4.69) is 4.74 Å². The number of halogens is 1. The van der Waals surface area contributed by atoms with Crippen molar-refractivity contribution in [3.63, 3.8) is 0 Å². The summed E-state index contributed by atoms with van der Waals surface area (Å²) in [6, 6.07) is 0. The summed E-state index contributed by atoms with van der Waals surface area (Å²) in [5, 5.41) is 44.8. The van der Waals surface area contributed by atoms with Gasteiger partial charge in [0, 0.05) is 0 Å². The molecule has 0 aliphatic heterocycles. The number of hydrogen-bond acceptors (Lipinski definition) is 7.